The minimum atomic E-state index is -3.83. The number of carboxylic acid groups (broad SMARTS) is 1. The standard InChI is InChI=1S/C7H7NO5S2/c1-2-15(12,13)7(11)5-3-4(6(9)10)8-14-5/h3H,2H2,1H3,(H,9,10). The summed E-state index contributed by atoms with van der Waals surface area (Å²) in [5, 5.41) is 7.45. The van der Waals surface area contributed by atoms with Gasteiger partial charge in [0.15, 0.2) is 5.69 Å². The number of hydrogen-bond donors (Lipinski definition) is 1. The van der Waals surface area contributed by atoms with E-state index in [-0.39, 0.29) is 16.3 Å². The Morgan fingerprint density at radius 3 is 2.53 bits per heavy atom. The molecule has 0 atom stereocenters. The van der Waals surface area contributed by atoms with E-state index >= 15 is 0 Å². The van der Waals surface area contributed by atoms with Crippen LogP contribution < -0.4 is 0 Å². The van der Waals surface area contributed by atoms with Crippen LogP contribution in [-0.4, -0.2) is 34.7 Å². The van der Waals surface area contributed by atoms with Gasteiger partial charge in [-0.05, 0) is 17.6 Å². The molecule has 0 fully saturated rings. The number of aromatic carboxylic acids is 1. The molecule has 1 aromatic heterocycles. The van der Waals surface area contributed by atoms with E-state index in [2.05, 4.69) is 4.37 Å². The van der Waals surface area contributed by atoms with Gasteiger partial charge in [0.25, 0.3) is 5.12 Å². The lowest BCUT2D eigenvalue weighted by Crippen LogP contribution is -2.15. The quantitative estimate of drug-likeness (QED) is 0.832. The largest absolute Gasteiger partial charge is 0.476 e. The van der Waals surface area contributed by atoms with E-state index in [0.29, 0.717) is 11.5 Å². The van der Waals surface area contributed by atoms with Gasteiger partial charge in [-0.2, -0.15) is 4.37 Å². The van der Waals surface area contributed by atoms with E-state index in [1.54, 1.807) is 0 Å². The molecule has 15 heavy (non-hydrogen) atoms. The van der Waals surface area contributed by atoms with Crippen LogP contribution in [0.5, 0.6) is 0 Å². The van der Waals surface area contributed by atoms with E-state index in [1.807, 2.05) is 0 Å². The van der Waals surface area contributed by atoms with Crippen molar-refractivity contribution in [1.29, 1.82) is 0 Å². The number of nitrogens with zero attached hydrogens (tertiary/aromatic N) is 1. The highest BCUT2D eigenvalue weighted by atomic mass is 32.2. The Balaban J connectivity index is 3.09. The molecule has 0 amide bonds. The molecule has 1 aromatic rings. The number of rotatable bonds is 3. The molecular weight excluding hydrogens is 242 g/mol. The minimum absolute atomic E-state index is 0.172. The summed E-state index contributed by atoms with van der Waals surface area (Å²) in [4.78, 5) is 21.6. The number of aromatic nitrogens is 1. The monoisotopic (exact) mass is 249 g/mol. The molecular formula is C7H7NO5S2. The van der Waals surface area contributed by atoms with Crippen LogP contribution in [0.2, 0.25) is 0 Å². The normalized spacial score (nSPS) is 11.3. The number of carboxylic acids is 1. The Morgan fingerprint density at radius 1 is 1.53 bits per heavy atom. The highest BCUT2D eigenvalue weighted by Crippen LogP contribution is 2.14. The molecule has 0 spiro atoms. The van der Waals surface area contributed by atoms with Gasteiger partial charge in [-0.15, -0.1) is 0 Å². The van der Waals surface area contributed by atoms with Crippen molar-refractivity contribution in [2.45, 2.75) is 6.92 Å². The molecule has 0 aromatic carbocycles. The van der Waals surface area contributed by atoms with E-state index < -0.39 is 20.9 Å². The van der Waals surface area contributed by atoms with Gasteiger partial charge in [0.05, 0.1) is 5.75 Å². The van der Waals surface area contributed by atoms with Gasteiger partial charge in [0, 0.05) is 0 Å². The maximum Gasteiger partial charge on any atom is 0.355 e. The molecule has 0 saturated carbocycles. The lowest BCUT2D eigenvalue weighted by atomic mass is 10.4. The predicted octanol–water partition coefficient (Wildman–Crippen LogP) is 0.416. The third-order valence-corrected chi connectivity index (χ3v) is 4.06. The lowest BCUT2D eigenvalue weighted by molar-refractivity contribution is 0.0692. The van der Waals surface area contributed by atoms with Crippen molar-refractivity contribution in [1.82, 2.24) is 4.37 Å². The summed E-state index contributed by atoms with van der Waals surface area (Å²) in [6, 6.07) is 0.961. The number of carbonyl (C=O) groups excluding carboxylic acids is 1. The third kappa shape index (κ3) is 2.39. The SMILES string of the molecule is CCS(=O)(=O)C(=O)c1cc(C(=O)O)ns1. The first-order valence-corrected chi connectivity index (χ1v) is 6.28. The van der Waals surface area contributed by atoms with Crippen LogP contribution in [0.1, 0.15) is 27.1 Å². The van der Waals surface area contributed by atoms with Crippen molar-refractivity contribution in [3.63, 3.8) is 0 Å². The maximum atomic E-state index is 11.3. The molecule has 1 heterocycles. The van der Waals surface area contributed by atoms with E-state index in [9.17, 15) is 18.0 Å². The van der Waals surface area contributed by atoms with E-state index in [0.717, 1.165) is 6.07 Å². The molecule has 0 aliphatic heterocycles. The van der Waals surface area contributed by atoms with Gasteiger partial charge in [-0.1, -0.05) is 6.92 Å². The fraction of sp³-hybridized carbons (Fsp3) is 0.286. The molecule has 0 aliphatic carbocycles. The molecule has 0 radical (unpaired) electrons. The maximum absolute atomic E-state index is 11.3. The average Bonchev–Trinajstić information content (AvgIpc) is 2.65. The molecule has 82 valence electrons. The Kier molecular flexibility index (Phi) is 3.20. The number of carbonyl (C=O) groups is 2. The lowest BCUT2D eigenvalue weighted by Gasteiger charge is -1.94. The van der Waals surface area contributed by atoms with Crippen LogP contribution in [0.3, 0.4) is 0 Å². The third-order valence-electron chi connectivity index (χ3n) is 1.59. The Labute approximate surface area is 89.6 Å². The second-order valence-electron chi connectivity index (χ2n) is 2.57. The summed E-state index contributed by atoms with van der Waals surface area (Å²) in [5.74, 6) is -1.61. The smallest absolute Gasteiger partial charge is 0.355 e. The summed E-state index contributed by atoms with van der Waals surface area (Å²) >= 11 is 0.569. The van der Waals surface area contributed by atoms with Gasteiger partial charge >= 0.3 is 5.97 Å². The zero-order valence-corrected chi connectivity index (χ0v) is 9.26. The van der Waals surface area contributed by atoms with Crippen molar-refractivity contribution in [2.24, 2.45) is 0 Å². The van der Waals surface area contributed by atoms with Crippen molar-refractivity contribution in [2.75, 3.05) is 5.75 Å². The second-order valence-corrected chi connectivity index (χ2v) is 5.56. The van der Waals surface area contributed by atoms with Crippen molar-refractivity contribution in [3.8, 4) is 0 Å². The zero-order valence-electron chi connectivity index (χ0n) is 7.63. The van der Waals surface area contributed by atoms with E-state index in [4.69, 9.17) is 5.11 Å². The van der Waals surface area contributed by atoms with Crippen LogP contribution in [0.4, 0.5) is 0 Å². The van der Waals surface area contributed by atoms with Crippen LogP contribution in [0.25, 0.3) is 0 Å². The highest BCUT2D eigenvalue weighted by Gasteiger charge is 2.25. The molecule has 0 aliphatic rings. The van der Waals surface area contributed by atoms with Crippen molar-refractivity contribution in [3.05, 3.63) is 16.6 Å². The van der Waals surface area contributed by atoms with Crippen LogP contribution in [0, 0.1) is 0 Å². The first-order chi connectivity index (χ1) is 6.88. The fourth-order valence-electron chi connectivity index (χ4n) is 0.757. The molecule has 1 rings (SSSR count). The zero-order chi connectivity index (χ0) is 11.6. The molecule has 6 nitrogen and oxygen atoms in total. The summed E-state index contributed by atoms with van der Waals surface area (Å²) in [6.07, 6.45) is 0. The Hall–Kier alpha value is -1.28. The fourth-order valence-corrected chi connectivity index (χ4v) is 2.44. The van der Waals surface area contributed by atoms with Crippen LogP contribution in [-0.2, 0) is 9.84 Å². The average molecular weight is 249 g/mol. The summed E-state index contributed by atoms with van der Waals surface area (Å²) in [6.45, 7) is 1.34. The highest BCUT2D eigenvalue weighted by molar-refractivity contribution is 8.06. The first-order valence-electron chi connectivity index (χ1n) is 3.85. The molecule has 1 N–H and O–H groups in total. The number of sulfone groups is 1. The van der Waals surface area contributed by atoms with Crippen LogP contribution in [0.15, 0.2) is 6.07 Å². The summed E-state index contributed by atoms with van der Waals surface area (Å²) < 4.78 is 25.8. The molecule has 0 bridgehead atoms. The van der Waals surface area contributed by atoms with E-state index in [1.165, 1.54) is 6.92 Å². The minimum Gasteiger partial charge on any atom is -0.476 e. The molecule has 8 heteroatoms. The van der Waals surface area contributed by atoms with Gasteiger partial charge in [0.2, 0.25) is 9.84 Å². The molecule has 0 saturated heterocycles. The molecule has 0 unspecified atom stereocenters. The topological polar surface area (TPSA) is 101 Å². The van der Waals surface area contributed by atoms with Gasteiger partial charge in [-0.3, -0.25) is 4.79 Å². The van der Waals surface area contributed by atoms with Crippen molar-refractivity contribution < 1.29 is 23.1 Å². The van der Waals surface area contributed by atoms with Gasteiger partial charge in [0.1, 0.15) is 4.88 Å². The van der Waals surface area contributed by atoms with Crippen molar-refractivity contribution >= 4 is 32.5 Å². The number of hydrogen-bond acceptors (Lipinski definition) is 6. The van der Waals surface area contributed by atoms with Crippen LogP contribution >= 0.6 is 11.5 Å². The van der Waals surface area contributed by atoms with Gasteiger partial charge in [-0.25, -0.2) is 13.2 Å². The Bertz CT molecular complexity index is 501. The Morgan fingerprint density at radius 2 is 2.13 bits per heavy atom. The summed E-state index contributed by atoms with van der Waals surface area (Å²) in [7, 11) is -3.83. The second kappa shape index (κ2) is 4.07. The predicted molar refractivity (Wildman–Crippen MR) is 52.9 cm³/mol. The summed E-state index contributed by atoms with van der Waals surface area (Å²) in [5.41, 5.74) is -0.324. The first kappa shape index (κ1) is 11.8. The van der Waals surface area contributed by atoms with Gasteiger partial charge < -0.3 is 5.11 Å².